The Hall–Kier alpha value is -2.26. The van der Waals surface area contributed by atoms with Gasteiger partial charge in [0.25, 0.3) is 0 Å². The van der Waals surface area contributed by atoms with Crippen LogP contribution in [-0.2, 0) is 32.1 Å². The van der Waals surface area contributed by atoms with E-state index in [1.807, 2.05) is 12.1 Å². The number of halogens is 4. The molecule has 4 heteroatoms. The molecule has 0 aromatic heterocycles. The Labute approximate surface area is 244 Å². The molecule has 0 nitrogen and oxygen atoms in total. The van der Waals surface area contributed by atoms with Gasteiger partial charge in [0.2, 0.25) is 0 Å². The maximum absolute atomic E-state index is 14.8. The van der Waals surface area contributed by atoms with Gasteiger partial charge in [0.05, 0.1) is 0 Å². The van der Waals surface area contributed by atoms with E-state index < -0.39 is 16.7 Å². The molecule has 0 amide bonds. The van der Waals surface area contributed by atoms with Gasteiger partial charge in [-0.25, -0.2) is 13.2 Å². The summed E-state index contributed by atoms with van der Waals surface area (Å²) in [7, 11) is 0. The van der Waals surface area contributed by atoms with Gasteiger partial charge < -0.3 is 0 Å². The van der Waals surface area contributed by atoms with Crippen molar-refractivity contribution in [2.75, 3.05) is 0 Å². The lowest BCUT2D eigenvalue weighted by atomic mass is 9.77. The fourth-order valence-corrected chi connectivity index (χ4v) is 6.27. The highest BCUT2D eigenvalue weighted by Crippen LogP contribution is 2.34. The van der Waals surface area contributed by atoms with E-state index in [1.54, 1.807) is 6.07 Å². The van der Waals surface area contributed by atoms with Crippen LogP contribution in [0.5, 0.6) is 0 Å². The Morgan fingerprint density at radius 2 is 1.10 bits per heavy atom. The highest BCUT2D eigenvalue weighted by molar-refractivity contribution is 6.30. The summed E-state index contributed by atoms with van der Waals surface area (Å²) in [6, 6.07) is 17.2. The fraction of sp³-hybridized carbons (Fsp3) is 0.500. The second-order valence-corrected chi connectivity index (χ2v) is 12.3. The average Bonchev–Trinajstić information content (AvgIpc) is 2.96. The lowest BCUT2D eigenvalue weighted by molar-refractivity contribution is 0.253. The van der Waals surface area contributed by atoms with Crippen LogP contribution in [-0.4, -0.2) is 0 Å². The van der Waals surface area contributed by atoms with Gasteiger partial charge in [-0.1, -0.05) is 99.9 Å². The lowest BCUT2D eigenvalue weighted by Gasteiger charge is -2.28. The predicted molar refractivity (Wildman–Crippen MR) is 162 cm³/mol. The summed E-state index contributed by atoms with van der Waals surface area (Å²) in [5.41, 5.74) is 5.02. The molecule has 1 aliphatic rings. The standard InChI is InChI=1S/C36H44ClF3/c1-2-3-4-5-6-26-7-9-27(10-8-26)11-12-28-13-15-29(16-14-28)17-18-30-19-21-32(33(38)23-30)22-20-31-24-34(39)36(37)35(40)25-31/h7-10,19,21,23-25,28-29H,2-6,11-18,20,22H2,1H3/t28-,29-. The molecule has 0 aliphatic heterocycles. The van der Waals surface area contributed by atoms with Crippen LogP contribution in [0.3, 0.4) is 0 Å². The normalized spacial score (nSPS) is 17.3. The van der Waals surface area contributed by atoms with Crippen molar-refractivity contribution in [3.05, 3.63) is 105 Å². The first-order valence-electron chi connectivity index (χ1n) is 15.4. The van der Waals surface area contributed by atoms with Crippen molar-refractivity contribution in [1.29, 1.82) is 0 Å². The SMILES string of the molecule is CCCCCCc1ccc(CC[C@H]2CC[C@H](CCc3ccc(CCc4cc(F)c(Cl)c(F)c4)c(F)c3)CC2)cc1. The zero-order valence-corrected chi connectivity index (χ0v) is 24.7. The number of hydrogen-bond donors (Lipinski definition) is 0. The molecule has 40 heavy (non-hydrogen) atoms. The molecule has 0 spiro atoms. The van der Waals surface area contributed by atoms with E-state index in [2.05, 4.69) is 31.2 Å². The van der Waals surface area contributed by atoms with Crippen LogP contribution < -0.4 is 0 Å². The molecule has 0 radical (unpaired) electrons. The summed E-state index contributed by atoms with van der Waals surface area (Å²) >= 11 is 5.55. The smallest absolute Gasteiger partial charge is 0.145 e. The average molecular weight is 569 g/mol. The summed E-state index contributed by atoms with van der Waals surface area (Å²) in [5, 5.41) is -0.498. The number of hydrogen-bond acceptors (Lipinski definition) is 0. The summed E-state index contributed by atoms with van der Waals surface area (Å²) in [4.78, 5) is 0. The molecule has 3 aromatic carbocycles. The number of unbranched alkanes of at least 4 members (excludes halogenated alkanes) is 3. The third-order valence-electron chi connectivity index (χ3n) is 8.83. The van der Waals surface area contributed by atoms with Gasteiger partial charge in [-0.05, 0) is 109 Å². The van der Waals surface area contributed by atoms with E-state index in [-0.39, 0.29) is 5.82 Å². The number of rotatable bonds is 14. The molecule has 3 aromatic rings. The van der Waals surface area contributed by atoms with Gasteiger partial charge >= 0.3 is 0 Å². The van der Waals surface area contributed by atoms with Crippen molar-refractivity contribution in [2.45, 2.75) is 103 Å². The van der Waals surface area contributed by atoms with Crippen LogP contribution in [0.1, 0.15) is 98.9 Å². The Morgan fingerprint density at radius 1 is 0.575 bits per heavy atom. The molecule has 0 unspecified atom stereocenters. The van der Waals surface area contributed by atoms with E-state index in [1.165, 1.54) is 93.9 Å². The summed E-state index contributed by atoms with van der Waals surface area (Å²) in [6.07, 6.45) is 16.8. The van der Waals surface area contributed by atoms with Crippen molar-refractivity contribution < 1.29 is 13.2 Å². The Kier molecular flexibility index (Phi) is 12.0. The zero-order valence-electron chi connectivity index (χ0n) is 24.0. The first-order chi connectivity index (χ1) is 19.4. The Bertz CT molecular complexity index is 1170. The van der Waals surface area contributed by atoms with Gasteiger partial charge in [0.15, 0.2) is 0 Å². The molecular formula is C36H44ClF3. The quantitative estimate of drug-likeness (QED) is 0.134. The maximum Gasteiger partial charge on any atom is 0.145 e. The van der Waals surface area contributed by atoms with Crippen molar-refractivity contribution in [1.82, 2.24) is 0 Å². The second-order valence-electron chi connectivity index (χ2n) is 11.9. The second kappa shape index (κ2) is 15.7. The minimum Gasteiger partial charge on any atom is -0.207 e. The molecule has 216 valence electrons. The monoisotopic (exact) mass is 568 g/mol. The maximum atomic E-state index is 14.8. The minimum atomic E-state index is -0.778. The molecule has 1 saturated carbocycles. The zero-order chi connectivity index (χ0) is 28.3. The Balaban J connectivity index is 1.14. The molecule has 0 saturated heterocycles. The van der Waals surface area contributed by atoms with E-state index in [4.69, 9.17) is 11.6 Å². The summed E-state index contributed by atoms with van der Waals surface area (Å²) in [6.45, 7) is 2.26. The number of aryl methyl sites for hydroxylation is 5. The van der Waals surface area contributed by atoms with Crippen molar-refractivity contribution >= 4 is 11.6 Å². The van der Waals surface area contributed by atoms with E-state index >= 15 is 0 Å². The summed E-state index contributed by atoms with van der Waals surface area (Å²) < 4.78 is 42.1. The van der Waals surface area contributed by atoms with Crippen LogP contribution in [0.25, 0.3) is 0 Å². The fourth-order valence-electron chi connectivity index (χ4n) is 6.16. The lowest BCUT2D eigenvalue weighted by Crippen LogP contribution is -2.16. The molecule has 0 bridgehead atoms. The topological polar surface area (TPSA) is 0 Å². The first kappa shape index (κ1) is 30.7. The molecule has 0 N–H and O–H groups in total. The van der Waals surface area contributed by atoms with Crippen LogP contribution in [0.15, 0.2) is 54.6 Å². The molecule has 1 aliphatic carbocycles. The van der Waals surface area contributed by atoms with Gasteiger partial charge in [-0.15, -0.1) is 0 Å². The molecular weight excluding hydrogens is 525 g/mol. The van der Waals surface area contributed by atoms with Gasteiger partial charge in [-0.3, -0.25) is 0 Å². The third-order valence-corrected chi connectivity index (χ3v) is 9.20. The summed E-state index contributed by atoms with van der Waals surface area (Å²) in [5.74, 6) is -0.246. The van der Waals surface area contributed by atoms with Crippen molar-refractivity contribution in [3.63, 3.8) is 0 Å². The van der Waals surface area contributed by atoms with Crippen LogP contribution >= 0.6 is 11.6 Å². The largest absolute Gasteiger partial charge is 0.207 e. The molecule has 1 fully saturated rings. The highest BCUT2D eigenvalue weighted by Gasteiger charge is 2.21. The van der Waals surface area contributed by atoms with Gasteiger partial charge in [0, 0.05) is 0 Å². The molecule has 0 heterocycles. The molecule has 4 rings (SSSR count). The Morgan fingerprint density at radius 3 is 1.68 bits per heavy atom. The van der Waals surface area contributed by atoms with Gasteiger partial charge in [-0.2, -0.15) is 0 Å². The molecule has 0 atom stereocenters. The number of benzene rings is 3. The van der Waals surface area contributed by atoms with E-state index in [0.29, 0.717) is 24.0 Å². The van der Waals surface area contributed by atoms with E-state index in [9.17, 15) is 13.2 Å². The highest BCUT2D eigenvalue weighted by atomic mass is 35.5. The van der Waals surface area contributed by atoms with Crippen LogP contribution in [0, 0.1) is 29.3 Å². The van der Waals surface area contributed by atoms with Crippen LogP contribution in [0.2, 0.25) is 5.02 Å². The predicted octanol–water partition coefficient (Wildman–Crippen LogP) is 11.0. The van der Waals surface area contributed by atoms with E-state index in [0.717, 1.165) is 30.2 Å². The van der Waals surface area contributed by atoms with Crippen molar-refractivity contribution in [2.24, 2.45) is 11.8 Å². The van der Waals surface area contributed by atoms with Crippen LogP contribution in [0.4, 0.5) is 13.2 Å². The third kappa shape index (κ3) is 9.40. The first-order valence-corrected chi connectivity index (χ1v) is 15.8. The minimum absolute atomic E-state index is 0.236. The van der Waals surface area contributed by atoms with Crippen molar-refractivity contribution in [3.8, 4) is 0 Å². The van der Waals surface area contributed by atoms with Gasteiger partial charge in [0.1, 0.15) is 22.5 Å².